The summed E-state index contributed by atoms with van der Waals surface area (Å²) in [4.78, 5) is 12.3. The molecule has 0 spiro atoms. The third-order valence-corrected chi connectivity index (χ3v) is 5.44. The average Bonchev–Trinajstić information content (AvgIpc) is 3.15. The molecule has 31 heavy (non-hydrogen) atoms. The molecule has 0 saturated heterocycles. The highest BCUT2D eigenvalue weighted by atomic mass is 35.5. The Morgan fingerprint density at radius 1 is 1.26 bits per heavy atom. The zero-order chi connectivity index (χ0) is 22.2. The van der Waals surface area contributed by atoms with Crippen LogP contribution in [0.15, 0.2) is 66.3 Å². The lowest BCUT2D eigenvalue weighted by atomic mass is 10.3. The molecule has 0 radical (unpaired) electrons. The van der Waals surface area contributed by atoms with Gasteiger partial charge in [-0.1, -0.05) is 47.6 Å². The Kier molecular flexibility index (Phi) is 7.97. The summed E-state index contributed by atoms with van der Waals surface area (Å²) >= 11 is 7.25. The van der Waals surface area contributed by atoms with Crippen LogP contribution in [0.4, 0.5) is 5.69 Å². The van der Waals surface area contributed by atoms with E-state index in [1.165, 1.54) is 11.8 Å². The number of aromatic nitrogens is 3. The molecule has 1 atom stereocenters. The first-order valence-corrected chi connectivity index (χ1v) is 10.9. The number of carbonyl (C=O) groups excluding carboxylic acids is 1. The summed E-state index contributed by atoms with van der Waals surface area (Å²) in [5.41, 5.74) is 0.644. The third kappa shape index (κ3) is 6.02. The number of para-hydroxylation sites is 2. The summed E-state index contributed by atoms with van der Waals surface area (Å²) in [6.45, 7) is 6.18. The van der Waals surface area contributed by atoms with E-state index < -0.39 is 6.10 Å². The normalized spacial score (nSPS) is 11.6. The number of carbonyl (C=O) groups is 1. The fraction of sp³-hybridized carbons (Fsp3) is 0.227. The quantitative estimate of drug-likeness (QED) is 0.340. The average molecular weight is 459 g/mol. The molecule has 3 rings (SSSR count). The standard InChI is InChI=1S/C22H23ClN4O3S/c1-4-12-27-21(15(2)30-19-11-6-5-10-18(19)29-3)25-26-22(27)31-14-20(28)24-17-9-7-8-16(23)13-17/h4-11,13,15H,1,12,14H2,2-3H3,(H,24,28). The highest BCUT2D eigenvalue weighted by molar-refractivity contribution is 7.99. The number of ether oxygens (including phenoxy) is 2. The fourth-order valence-electron chi connectivity index (χ4n) is 2.86. The van der Waals surface area contributed by atoms with Gasteiger partial charge in [0.15, 0.2) is 28.6 Å². The van der Waals surface area contributed by atoms with Gasteiger partial charge in [0.1, 0.15) is 0 Å². The smallest absolute Gasteiger partial charge is 0.234 e. The summed E-state index contributed by atoms with van der Waals surface area (Å²) < 4.78 is 13.3. The number of allylic oxidation sites excluding steroid dienone is 1. The molecule has 1 aromatic heterocycles. The highest BCUT2D eigenvalue weighted by Crippen LogP contribution is 2.31. The van der Waals surface area contributed by atoms with Gasteiger partial charge >= 0.3 is 0 Å². The van der Waals surface area contributed by atoms with Gasteiger partial charge in [0.05, 0.1) is 12.9 Å². The van der Waals surface area contributed by atoms with Crippen molar-refractivity contribution in [2.75, 3.05) is 18.2 Å². The molecule has 1 unspecified atom stereocenters. The van der Waals surface area contributed by atoms with Gasteiger partial charge in [-0.15, -0.1) is 16.8 Å². The lowest BCUT2D eigenvalue weighted by molar-refractivity contribution is -0.113. The van der Waals surface area contributed by atoms with Crippen LogP contribution >= 0.6 is 23.4 Å². The minimum atomic E-state index is -0.390. The van der Waals surface area contributed by atoms with Gasteiger partial charge in [-0.3, -0.25) is 9.36 Å². The number of hydrogen-bond acceptors (Lipinski definition) is 6. The van der Waals surface area contributed by atoms with Gasteiger partial charge in [0.2, 0.25) is 5.91 Å². The van der Waals surface area contributed by atoms with Crippen LogP contribution in [-0.4, -0.2) is 33.5 Å². The van der Waals surface area contributed by atoms with Crippen molar-refractivity contribution >= 4 is 35.0 Å². The monoisotopic (exact) mass is 458 g/mol. The van der Waals surface area contributed by atoms with E-state index in [1.807, 2.05) is 35.8 Å². The largest absolute Gasteiger partial charge is 0.493 e. The molecule has 0 bridgehead atoms. The van der Waals surface area contributed by atoms with Crippen LogP contribution in [0.1, 0.15) is 18.9 Å². The first-order valence-electron chi connectivity index (χ1n) is 9.53. The summed E-state index contributed by atoms with van der Waals surface area (Å²) in [6.07, 6.45) is 1.36. The van der Waals surface area contributed by atoms with Crippen LogP contribution in [-0.2, 0) is 11.3 Å². The van der Waals surface area contributed by atoms with E-state index in [2.05, 4.69) is 22.1 Å². The highest BCUT2D eigenvalue weighted by Gasteiger charge is 2.20. The van der Waals surface area contributed by atoms with E-state index in [9.17, 15) is 4.79 Å². The number of hydrogen-bond donors (Lipinski definition) is 1. The molecular formula is C22H23ClN4O3S. The van der Waals surface area contributed by atoms with Gasteiger partial charge in [-0.25, -0.2) is 0 Å². The van der Waals surface area contributed by atoms with Gasteiger partial charge in [-0.2, -0.15) is 0 Å². The predicted molar refractivity (Wildman–Crippen MR) is 123 cm³/mol. The Bertz CT molecular complexity index is 1060. The first-order chi connectivity index (χ1) is 15.0. The van der Waals surface area contributed by atoms with Crippen molar-refractivity contribution in [3.05, 3.63) is 72.0 Å². The molecule has 1 heterocycles. The SMILES string of the molecule is C=CCn1c(SCC(=O)Nc2cccc(Cl)c2)nnc1C(C)Oc1ccccc1OC. The maximum absolute atomic E-state index is 12.3. The minimum Gasteiger partial charge on any atom is -0.493 e. The first kappa shape index (κ1) is 22.7. The molecule has 1 N–H and O–H groups in total. The number of anilines is 1. The maximum atomic E-state index is 12.3. The van der Waals surface area contributed by atoms with Crippen molar-refractivity contribution in [3.8, 4) is 11.5 Å². The molecule has 7 nitrogen and oxygen atoms in total. The molecule has 1 amide bonds. The molecule has 0 fully saturated rings. The Morgan fingerprint density at radius 3 is 2.74 bits per heavy atom. The Labute approximate surface area is 190 Å². The van der Waals surface area contributed by atoms with Crippen LogP contribution in [0.25, 0.3) is 0 Å². The Hall–Kier alpha value is -2.97. The van der Waals surface area contributed by atoms with Crippen molar-refractivity contribution in [1.29, 1.82) is 0 Å². The number of rotatable bonds is 10. The topological polar surface area (TPSA) is 78.3 Å². The molecule has 162 valence electrons. The number of nitrogens with one attached hydrogen (secondary N) is 1. The van der Waals surface area contributed by atoms with Gasteiger partial charge in [-0.05, 0) is 37.3 Å². The van der Waals surface area contributed by atoms with E-state index in [0.717, 1.165) is 0 Å². The van der Waals surface area contributed by atoms with Crippen LogP contribution in [0.5, 0.6) is 11.5 Å². The summed E-state index contributed by atoms with van der Waals surface area (Å²) in [5, 5.41) is 12.5. The van der Waals surface area contributed by atoms with E-state index >= 15 is 0 Å². The number of amides is 1. The lowest BCUT2D eigenvalue weighted by Crippen LogP contribution is -2.15. The lowest BCUT2D eigenvalue weighted by Gasteiger charge is -2.17. The number of halogens is 1. The van der Waals surface area contributed by atoms with Crippen molar-refractivity contribution in [3.63, 3.8) is 0 Å². The molecule has 0 aliphatic carbocycles. The number of benzene rings is 2. The third-order valence-electron chi connectivity index (χ3n) is 4.23. The minimum absolute atomic E-state index is 0.166. The van der Waals surface area contributed by atoms with Crippen molar-refractivity contribution in [2.45, 2.75) is 24.7 Å². The molecule has 0 aliphatic rings. The molecule has 9 heteroatoms. The second-order valence-electron chi connectivity index (χ2n) is 6.50. The second-order valence-corrected chi connectivity index (χ2v) is 7.88. The van der Waals surface area contributed by atoms with E-state index in [4.69, 9.17) is 21.1 Å². The molecular weight excluding hydrogens is 436 g/mol. The molecule has 3 aromatic rings. The van der Waals surface area contributed by atoms with Crippen LogP contribution in [0.2, 0.25) is 5.02 Å². The summed E-state index contributed by atoms with van der Waals surface area (Å²) in [7, 11) is 1.59. The summed E-state index contributed by atoms with van der Waals surface area (Å²) in [6, 6.07) is 14.4. The maximum Gasteiger partial charge on any atom is 0.234 e. The fourth-order valence-corrected chi connectivity index (χ4v) is 3.81. The summed E-state index contributed by atoms with van der Waals surface area (Å²) in [5.74, 6) is 1.88. The molecule has 2 aromatic carbocycles. The van der Waals surface area contributed by atoms with E-state index in [-0.39, 0.29) is 11.7 Å². The van der Waals surface area contributed by atoms with Crippen molar-refractivity contribution in [1.82, 2.24) is 14.8 Å². The predicted octanol–water partition coefficient (Wildman–Crippen LogP) is 5.00. The van der Waals surface area contributed by atoms with E-state index in [1.54, 1.807) is 37.5 Å². The van der Waals surface area contributed by atoms with Crippen molar-refractivity contribution in [2.24, 2.45) is 0 Å². The number of thioether (sulfide) groups is 1. The molecule has 0 aliphatic heterocycles. The van der Waals surface area contributed by atoms with E-state index in [0.29, 0.717) is 39.7 Å². The zero-order valence-corrected chi connectivity index (χ0v) is 18.8. The van der Waals surface area contributed by atoms with Gasteiger partial charge in [0, 0.05) is 17.3 Å². The van der Waals surface area contributed by atoms with Crippen LogP contribution in [0, 0.1) is 0 Å². The van der Waals surface area contributed by atoms with Gasteiger partial charge < -0.3 is 14.8 Å². The Balaban J connectivity index is 1.69. The molecule has 0 saturated carbocycles. The zero-order valence-electron chi connectivity index (χ0n) is 17.2. The van der Waals surface area contributed by atoms with Crippen molar-refractivity contribution < 1.29 is 14.3 Å². The Morgan fingerprint density at radius 2 is 2.03 bits per heavy atom. The second kappa shape index (κ2) is 10.9. The van der Waals surface area contributed by atoms with Gasteiger partial charge in [0.25, 0.3) is 0 Å². The number of nitrogens with zero attached hydrogens (tertiary/aromatic N) is 3. The van der Waals surface area contributed by atoms with Crippen LogP contribution < -0.4 is 14.8 Å². The number of methoxy groups -OCH3 is 1. The van der Waals surface area contributed by atoms with Crippen LogP contribution in [0.3, 0.4) is 0 Å².